The molecule has 0 atom stereocenters. The van der Waals surface area contributed by atoms with E-state index in [0.717, 1.165) is 0 Å². The van der Waals surface area contributed by atoms with Crippen LogP contribution in [0.3, 0.4) is 0 Å². The zero-order chi connectivity index (χ0) is 8.15. The topological polar surface area (TPSA) is 72.5 Å². The zero-order valence-corrected chi connectivity index (χ0v) is 6.18. The lowest BCUT2D eigenvalue weighted by atomic mass is 10.3. The molecule has 0 unspecified atom stereocenters. The highest BCUT2D eigenvalue weighted by Gasteiger charge is 1.99. The molecule has 1 amide bonds. The molecule has 0 fully saturated rings. The summed E-state index contributed by atoms with van der Waals surface area (Å²) in [6, 6.07) is 0. The third-order valence-corrected chi connectivity index (χ3v) is 0.841. The molecule has 0 rings (SSSR count). The summed E-state index contributed by atoms with van der Waals surface area (Å²) in [5, 5.41) is 0. The van der Waals surface area contributed by atoms with Gasteiger partial charge in [-0.05, 0) is 6.92 Å². The number of hydrogen-bond acceptors (Lipinski definition) is 4. The molecule has 0 saturated heterocycles. The van der Waals surface area contributed by atoms with Crippen LogP contribution in [0.2, 0.25) is 0 Å². The van der Waals surface area contributed by atoms with Gasteiger partial charge in [0.15, 0.2) is 0 Å². The van der Waals surface area contributed by atoms with Crippen LogP contribution >= 0.6 is 0 Å². The summed E-state index contributed by atoms with van der Waals surface area (Å²) in [5.41, 5.74) is 1.82. The first kappa shape index (κ1) is 13.5. The van der Waals surface area contributed by atoms with E-state index in [1.807, 2.05) is 0 Å². The minimum Gasteiger partial charge on any atom is -0.267 e. The number of thiol groups is 1. The fourth-order valence-corrected chi connectivity index (χ4v) is 0.323. The van der Waals surface area contributed by atoms with Crippen molar-refractivity contribution >= 4 is 39.9 Å². The first-order valence-corrected chi connectivity index (χ1v) is 3.40. The maximum Gasteiger partial charge on any atom is 0.316 e. The normalized spacial score (nSPS) is 8.55. The van der Waals surface area contributed by atoms with Gasteiger partial charge in [0.05, 0.1) is 0 Å². The van der Waals surface area contributed by atoms with Crippen LogP contribution in [-0.2, 0) is 20.1 Å². The van der Waals surface area contributed by atoms with Crippen molar-refractivity contribution in [3.05, 3.63) is 12.2 Å². The smallest absolute Gasteiger partial charge is 0.267 e. The van der Waals surface area contributed by atoms with Gasteiger partial charge in [-0.3, -0.25) is 4.79 Å². The number of nitrogens with one attached hydrogen (secondary N) is 1. The van der Waals surface area contributed by atoms with Crippen LogP contribution in [0, 0.1) is 0 Å². The van der Waals surface area contributed by atoms with Crippen LogP contribution in [0.5, 0.6) is 0 Å². The predicted molar refractivity (Wildman–Crippen MR) is 42.9 cm³/mol. The van der Waals surface area contributed by atoms with Crippen molar-refractivity contribution in [3.63, 3.8) is 0 Å². The van der Waals surface area contributed by atoms with Gasteiger partial charge in [0.25, 0.3) is 16.9 Å². The maximum absolute atomic E-state index is 10.4. The van der Waals surface area contributed by atoms with E-state index in [0.29, 0.717) is 0 Å². The summed E-state index contributed by atoms with van der Waals surface area (Å²) < 4.78 is 23.2. The molecular weight excluding hydrogens is 182 g/mol. The summed E-state index contributed by atoms with van der Waals surface area (Å²) in [6.07, 6.45) is 0. The number of rotatable bonds is 3. The van der Waals surface area contributed by atoms with E-state index >= 15 is 0 Å². The Morgan fingerprint density at radius 1 is 1.55 bits per heavy atom. The van der Waals surface area contributed by atoms with Crippen LogP contribution in [0.1, 0.15) is 6.92 Å². The average Bonchev–Trinajstić information content (AvgIpc) is 1.82. The molecule has 0 radical (unpaired) electrons. The van der Waals surface area contributed by atoms with E-state index in [1.165, 1.54) is 6.92 Å². The molecule has 7 heteroatoms. The predicted octanol–water partition coefficient (Wildman–Crippen LogP) is -1.78. The summed E-state index contributed by atoms with van der Waals surface area (Å²) in [4.78, 5) is 10.4. The number of hydrogen-bond donors (Lipinski definition) is 2. The standard InChI is InChI=1S/C4H7NO4S.Mg.2H/c1-3(2)4(6)5-9-10(7)8;;;/h10H,1H2,2H3,(H,5,6);;;. The summed E-state index contributed by atoms with van der Waals surface area (Å²) in [5.74, 6) is -0.654. The van der Waals surface area contributed by atoms with E-state index < -0.39 is 16.9 Å². The lowest BCUT2D eigenvalue weighted by Gasteiger charge is -1.96. The Hall–Kier alpha value is -0.114. The first-order chi connectivity index (χ1) is 4.54. The van der Waals surface area contributed by atoms with Crippen molar-refractivity contribution in [3.8, 4) is 0 Å². The molecule has 0 saturated carbocycles. The second kappa shape index (κ2) is 6.59. The average molecular weight is 191 g/mol. The highest BCUT2D eigenvalue weighted by atomic mass is 32.2. The van der Waals surface area contributed by atoms with Crippen molar-refractivity contribution < 1.29 is 17.5 Å². The Morgan fingerprint density at radius 3 is 2.27 bits per heavy atom. The van der Waals surface area contributed by atoms with Gasteiger partial charge in [0.2, 0.25) is 0 Å². The van der Waals surface area contributed by atoms with Gasteiger partial charge >= 0.3 is 23.1 Å². The lowest BCUT2D eigenvalue weighted by molar-refractivity contribution is -0.123. The molecule has 0 bridgehead atoms. The van der Waals surface area contributed by atoms with Crippen molar-refractivity contribution in [1.29, 1.82) is 0 Å². The highest BCUT2D eigenvalue weighted by molar-refractivity contribution is 7.67. The maximum atomic E-state index is 10.4. The molecule has 0 heterocycles. The molecule has 0 aromatic rings. The van der Waals surface area contributed by atoms with Gasteiger partial charge in [-0.2, -0.15) is 4.28 Å². The second-order valence-corrected chi connectivity index (χ2v) is 2.16. The summed E-state index contributed by atoms with van der Waals surface area (Å²) >= 11 is 0. The molecule has 5 nitrogen and oxygen atoms in total. The Bertz CT molecular complexity index is 216. The van der Waals surface area contributed by atoms with Crippen LogP contribution in [-0.4, -0.2) is 37.4 Å². The van der Waals surface area contributed by atoms with Crippen LogP contribution < -0.4 is 5.48 Å². The van der Waals surface area contributed by atoms with Gasteiger partial charge in [0, 0.05) is 5.57 Å². The first-order valence-electron chi connectivity index (χ1n) is 2.31. The van der Waals surface area contributed by atoms with Gasteiger partial charge in [0.1, 0.15) is 0 Å². The van der Waals surface area contributed by atoms with Crippen LogP contribution in [0.15, 0.2) is 12.2 Å². The third kappa shape index (κ3) is 7.79. The van der Waals surface area contributed by atoms with E-state index in [-0.39, 0.29) is 28.6 Å². The van der Waals surface area contributed by atoms with E-state index in [2.05, 4.69) is 10.9 Å². The fraction of sp³-hybridized carbons (Fsp3) is 0.250. The molecule has 0 spiro atoms. The monoisotopic (exact) mass is 191 g/mol. The third-order valence-electron chi connectivity index (χ3n) is 0.600. The summed E-state index contributed by atoms with van der Waals surface area (Å²) in [7, 11) is -3.03. The molecule has 11 heavy (non-hydrogen) atoms. The minimum absolute atomic E-state index is 0. The van der Waals surface area contributed by atoms with Crippen molar-refractivity contribution in [2.75, 3.05) is 0 Å². The zero-order valence-electron chi connectivity index (χ0n) is 5.29. The molecule has 0 aromatic heterocycles. The minimum atomic E-state index is -3.03. The van der Waals surface area contributed by atoms with Gasteiger partial charge in [-0.1, -0.05) is 6.58 Å². The molecule has 0 aliphatic rings. The largest absolute Gasteiger partial charge is 0.316 e. The van der Waals surface area contributed by atoms with E-state index in [9.17, 15) is 13.2 Å². The molecule has 1 N–H and O–H groups in total. The Balaban J connectivity index is 0. The SMILES string of the molecule is C=C(C)C(=O)NO[SH](=O)=O.[MgH2]. The second-order valence-electron chi connectivity index (χ2n) is 1.53. The number of hydroxylamine groups is 1. The van der Waals surface area contributed by atoms with Crippen LogP contribution in [0.25, 0.3) is 0 Å². The van der Waals surface area contributed by atoms with Crippen molar-refractivity contribution in [2.45, 2.75) is 6.92 Å². The summed E-state index contributed by atoms with van der Waals surface area (Å²) in [6.45, 7) is 4.67. The van der Waals surface area contributed by atoms with E-state index in [1.54, 1.807) is 5.48 Å². The quantitative estimate of drug-likeness (QED) is 0.239. The lowest BCUT2D eigenvalue weighted by Crippen LogP contribution is -2.23. The van der Waals surface area contributed by atoms with Gasteiger partial charge < -0.3 is 0 Å². The molecular formula is C4H9MgNO4S. The van der Waals surface area contributed by atoms with Crippen molar-refractivity contribution in [1.82, 2.24) is 5.48 Å². The van der Waals surface area contributed by atoms with E-state index in [4.69, 9.17) is 0 Å². The van der Waals surface area contributed by atoms with Crippen molar-refractivity contribution in [2.24, 2.45) is 0 Å². The Morgan fingerprint density at radius 2 is 2.00 bits per heavy atom. The Labute approximate surface area is 82.1 Å². The number of carbonyl (C=O) groups is 1. The molecule has 0 aliphatic carbocycles. The molecule has 0 aliphatic heterocycles. The van der Waals surface area contributed by atoms with Crippen LogP contribution in [0.4, 0.5) is 0 Å². The fourth-order valence-electron chi connectivity index (χ4n) is 0.166. The highest BCUT2D eigenvalue weighted by Crippen LogP contribution is 1.84. The molecule has 0 aromatic carbocycles. The van der Waals surface area contributed by atoms with Gasteiger partial charge in [-0.15, -0.1) is 0 Å². The number of amides is 1. The van der Waals surface area contributed by atoms with Gasteiger partial charge in [-0.25, -0.2) is 13.9 Å². The number of carbonyl (C=O) groups excluding carboxylic acids is 1. The molecule has 62 valence electrons. The Kier molecular flexibility index (Phi) is 8.07.